The Morgan fingerprint density at radius 3 is 2.44 bits per heavy atom. The molecule has 0 bridgehead atoms. The summed E-state index contributed by atoms with van der Waals surface area (Å²) in [5.41, 5.74) is 5.11. The smallest absolute Gasteiger partial charge is 0.180 e. The third kappa shape index (κ3) is 3.96. The van der Waals surface area contributed by atoms with E-state index in [1.807, 2.05) is 42.9 Å². The fourth-order valence-corrected chi connectivity index (χ4v) is 4.85. The fourth-order valence-electron chi connectivity index (χ4n) is 4.30. The van der Waals surface area contributed by atoms with Gasteiger partial charge in [-0.05, 0) is 64.8 Å². The zero-order valence-electron chi connectivity index (χ0n) is 18.1. The quantitative estimate of drug-likeness (QED) is 0.436. The monoisotopic (exact) mass is 492 g/mol. The summed E-state index contributed by atoms with van der Waals surface area (Å²) in [7, 11) is 1.67. The van der Waals surface area contributed by atoms with Gasteiger partial charge in [0.2, 0.25) is 0 Å². The predicted molar refractivity (Wildman–Crippen MR) is 130 cm³/mol. The number of anilines is 1. The molecule has 8 heteroatoms. The van der Waals surface area contributed by atoms with Gasteiger partial charge in [0.05, 0.1) is 17.3 Å². The topological polar surface area (TPSA) is 70.2 Å². The molecule has 164 valence electrons. The standard InChI is InChI=1S/C24H25BrN6O/c1-16(17-7-9-26-10-8-17)30-11-13-31(14-12-30)22-20(25)15-27-24-21(22)28-23(29-24)18-3-5-19(32-2)6-4-18/h3-10,15-16H,11-14H2,1-2H3,(H,27,28,29). The van der Waals surface area contributed by atoms with E-state index in [4.69, 9.17) is 9.72 Å². The summed E-state index contributed by atoms with van der Waals surface area (Å²) < 4.78 is 6.25. The number of pyridine rings is 2. The van der Waals surface area contributed by atoms with E-state index in [-0.39, 0.29) is 0 Å². The number of H-pyrrole nitrogens is 1. The second-order valence-electron chi connectivity index (χ2n) is 7.95. The number of halogens is 1. The molecular formula is C24H25BrN6O. The van der Waals surface area contributed by atoms with Crippen LogP contribution in [0.4, 0.5) is 5.69 Å². The Kier molecular flexibility index (Phi) is 5.80. The molecule has 5 rings (SSSR count). The second kappa shape index (κ2) is 8.88. The lowest BCUT2D eigenvalue weighted by Gasteiger charge is -2.39. The Morgan fingerprint density at radius 2 is 1.75 bits per heavy atom. The first-order chi connectivity index (χ1) is 15.6. The van der Waals surface area contributed by atoms with Gasteiger partial charge in [0.25, 0.3) is 0 Å². The van der Waals surface area contributed by atoms with Gasteiger partial charge in [0, 0.05) is 56.4 Å². The molecule has 3 aromatic heterocycles. The summed E-state index contributed by atoms with van der Waals surface area (Å²) in [6.45, 7) is 6.11. The van der Waals surface area contributed by atoms with Crippen LogP contribution in [0, 0.1) is 0 Å². The zero-order chi connectivity index (χ0) is 22.1. The van der Waals surface area contributed by atoms with E-state index in [9.17, 15) is 0 Å². The molecule has 1 N–H and O–H groups in total. The molecule has 0 saturated carbocycles. The fraction of sp³-hybridized carbons (Fsp3) is 0.292. The van der Waals surface area contributed by atoms with Crippen LogP contribution < -0.4 is 9.64 Å². The van der Waals surface area contributed by atoms with Gasteiger partial charge in [-0.1, -0.05) is 0 Å². The lowest BCUT2D eigenvalue weighted by Crippen LogP contribution is -2.47. The number of rotatable bonds is 5. The molecule has 4 heterocycles. The average Bonchev–Trinajstić information content (AvgIpc) is 3.28. The Labute approximate surface area is 195 Å². The Bertz CT molecular complexity index is 1200. The molecule has 1 aromatic carbocycles. The summed E-state index contributed by atoms with van der Waals surface area (Å²) in [4.78, 5) is 21.9. The molecular weight excluding hydrogens is 468 g/mol. The van der Waals surface area contributed by atoms with Gasteiger partial charge in [0.15, 0.2) is 5.65 Å². The highest BCUT2D eigenvalue weighted by Crippen LogP contribution is 2.35. The van der Waals surface area contributed by atoms with Gasteiger partial charge in [-0.3, -0.25) is 9.88 Å². The Balaban J connectivity index is 1.39. The van der Waals surface area contributed by atoms with Crippen molar-refractivity contribution in [1.29, 1.82) is 0 Å². The van der Waals surface area contributed by atoms with Crippen LogP contribution >= 0.6 is 15.9 Å². The van der Waals surface area contributed by atoms with Gasteiger partial charge in [0.1, 0.15) is 17.1 Å². The molecule has 0 amide bonds. The van der Waals surface area contributed by atoms with Crippen molar-refractivity contribution in [3.63, 3.8) is 0 Å². The van der Waals surface area contributed by atoms with Crippen molar-refractivity contribution >= 4 is 32.8 Å². The van der Waals surface area contributed by atoms with Crippen LogP contribution in [0.15, 0.2) is 59.5 Å². The summed E-state index contributed by atoms with van der Waals surface area (Å²) in [5, 5.41) is 0. The maximum Gasteiger partial charge on any atom is 0.180 e. The molecule has 1 saturated heterocycles. The number of nitrogens with one attached hydrogen (secondary N) is 1. The van der Waals surface area contributed by atoms with Gasteiger partial charge < -0.3 is 14.6 Å². The van der Waals surface area contributed by atoms with E-state index in [2.05, 4.69) is 59.7 Å². The zero-order valence-corrected chi connectivity index (χ0v) is 19.7. The molecule has 1 aliphatic rings. The summed E-state index contributed by atoms with van der Waals surface area (Å²) in [6, 6.07) is 12.5. The highest BCUT2D eigenvalue weighted by molar-refractivity contribution is 9.10. The molecule has 7 nitrogen and oxygen atoms in total. The van der Waals surface area contributed by atoms with Gasteiger partial charge >= 0.3 is 0 Å². The highest BCUT2D eigenvalue weighted by atomic mass is 79.9. The van der Waals surface area contributed by atoms with Crippen molar-refractivity contribution in [2.24, 2.45) is 0 Å². The van der Waals surface area contributed by atoms with Crippen molar-refractivity contribution in [3.05, 3.63) is 65.0 Å². The van der Waals surface area contributed by atoms with E-state index in [1.165, 1.54) is 5.56 Å². The van der Waals surface area contributed by atoms with Gasteiger partial charge in [-0.2, -0.15) is 0 Å². The lowest BCUT2D eigenvalue weighted by molar-refractivity contribution is 0.198. The molecule has 1 fully saturated rings. The van der Waals surface area contributed by atoms with Crippen LogP contribution in [0.5, 0.6) is 5.75 Å². The van der Waals surface area contributed by atoms with E-state index >= 15 is 0 Å². The van der Waals surface area contributed by atoms with Crippen molar-refractivity contribution in [2.45, 2.75) is 13.0 Å². The van der Waals surface area contributed by atoms with E-state index < -0.39 is 0 Å². The molecule has 1 unspecified atom stereocenters. The minimum Gasteiger partial charge on any atom is -0.497 e. The van der Waals surface area contributed by atoms with Crippen molar-refractivity contribution in [1.82, 2.24) is 24.8 Å². The second-order valence-corrected chi connectivity index (χ2v) is 8.80. The van der Waals surface area contributed by atoms with E-state index in [0.717, 1.165) is 64.6 Å². The first-order valence-electron chi connectivity index (χ1n) is 10.7. The molecule has 1 atom stereocenters. The van der Waals surface area contributed by atoms with E-state index in [1.54, 1.807) is 7.11 Å². The molecule has 0 aliphatic carbocycles. The first kappa shape index (κ1) is 20.9. The third-order valence-electron chi connectivity index (χ3n) is 6.18. The summed E-state index contributed by atoms with van der Waals surface area (Å²) in [6.07, 6.45) is 5.58. The predicted octanol–water partition coefficient (Wildman–Crippen LogP) is 4.67. The maximum absolute atomic E-state index is 5.27. The minimum atomic E-state index is 0.370. The number of hydrogen-bond donors (Lipinski definition) is 1. The number of ether oxygens (including phenoxy) is 1. The van der Waals surface area contributed by atoms with Gasteiger partial charge in [-0.15, -0.1) is 0 Å². The number of aromatic amines is 1. The van der Waals surface area contributed by atoms with E-state index in [0.29, 0.717) is 6.04 Å². The van der Waals surface area contributed by atoms with Gasteiger partial charge in [-0.25, -0.2) is 9.97 Å². The summed E-state index contributed by atoms with van der Waals surface area (Å²) in [5.74, 6) is 1.63. The maximum atomic E-state index is 5.27. The first-order valence-corrected chi connectivity index (χ1v) is 11.5. The van der Waals surface area contributed by atoms with Crippen LogP contribution in [-0.2, 0) is 0 Å². The molecule has 1 aliphatic heterocycles. The normalized spacial score (nSPS) is 15.8. The van der Waals surface area contributed by atoms with Crippen LogP contribution in [0.1, 0.15) is 18.5 Å². The highest BCUT2D eigenvalue weighted by Gasteiger charge is 2.25. The third-order valence-corrected chi connectivity index (χ3v) is 6.76. The van der Waals surface area contributed by atoms with Crippen molar-refractivity contribution in [2.75, 3.05) is 38.2 Å². The summed E-state index contributed by atoms with van der Waals surface area (Å²) >= 11 is 3.73. The number of piperazine rings is 1. The lowest BCUT2D eigenvalue weighted by atomic mass is 10.1. The molecule has 4 aromatic rings. The van der Waals surface area contributed by atoms with Crippen LogP contribution in [-0.4, -0.2) is 58.1 Å². The largest absolute Gasteiger partial charge is 0.497 e. The number of fused-ring (bicyclic) bond motifs is 1. The number of benzene rings is 1. The number of methoxy groups -OCH3 is 1. The van der Waals surface area contributed by atoms with Crippen molar-refractivity contribution in [3.8, 4) is 17.1 Å². The van der Waals surface area contributed by atoms with Crippen LogP contribution in [0.25, 0.3) is 22.6 Å². The number of hydrogen-bond acceptors (Lipinski definition) is 6. The minimum absolute atomic E-state index is 0.370. The van der Waals surface area contributed by atoms with Crippen LogP contribution in [0.3, 0.4) is 0 Å². The number of imidazole rings is 1. The molecule has 0 spiro atoms. The SMILES string of the molecule is COc1ccc(-c2nc3ncc(Br)c(N4CCN(C(C)c5ccncc5)CC4)c3[nH]2)cc1. The number of aromatic nitrogens is 4. The average molecular weight is 493 g/mol. The molecule has 32 heavy (non-hydrogen) atoms. The van der Waals surface area contributed by atoms with Crippen molar-refractivity contribution < 1.29 is 4.74 Å². The Hall–Kier alpha value is -2.97. The Morgan fingerprint density at radius 1 is 1.03 bits per heavy atom. The van der Waals surface area contributed by atoms with Crippen LogP contribution in [0.2, 0.25) is 0 Å². The molecule has 0 radical (unpaired) electrons. The number of nitrogens with zero attached hydrogens (tertiary/aromatic N) is 5.